The van der Waals surface area contributed by atoms with Crippen molar-refractivity contribution in [2.75, 3.05) is 12.9 Å². The van der Waals surface area contributed by atoms with Crippen molar-refractivity contribution in [3.8, 4) is 11.4 Å². The highest BCUT2D eigenvalue weighted by atomic mass is 32.2. The Morgan fingerprint density at radius 3 is 2.33 bits per heavy atom. The molecule has 2 aromatic heterocycles. The van der Waals surface area contributed by atoms with Crippen molar-refractivity contribution in [3.05, 3.63) is 130 Å². The maximum absolute atomic E-state index is 13.9. The predicted octanol–water partition coefficient (Wildman–Crippen LogP) is 6.13. The number of benzene rings is 4. The Morgan fingerprint density at radius 2 is 1.60 bits per heavy atom. The molecule has 0 saturated carbocycles. The van der Waals surface area contributed by atoms with E-state index in [9.17, 15) is 9.59 Å². The molecule has 45 heavy (non-hydrogen) atoms. The quantitative estimate of drug-likeness (QED) is 0.201. The van der Waals surface area contributed by atoms with Crippen LogP contribution in [0.4, 0.5) is 0 Å². The Labute approximate surface area is 263 Å². The first kappa shape index (κ1) is 28.5. The first-order chi connectivity index (χ1) is 21.9. The van der Waals surface area contributed by atoms with Crippen LogP contribution in [0.2, 0.25) is 0 Å². The number of methoxy groups -OCH3 is 1. The van der Waals surface area contributed by atoms with Gasteiger partial charge in [-0.05, 0) is 60.4 Å². The van der Waals surface area contributed by atoms with E-state index in [1.165, 1.54) is 11.8 Å². The molecular weight excluding hydrogens is 584 g/mol. The van der Waals surface area contributed by atoms with Gasteiger partial charge in [0.1, 0.15) is 5.75 Å². The van der Waals surface area contributed by atoms with Crippen molar-refractivity contribution in [2.24, 2.45) is 5.10 Å². The summed E-state index contributed by atoms with van der Waals surface area (Å²) in [6, 6.07) is 30.8. The Balaban J connectivity index is 1.26. The molecule has 224 valence electrons. The number of carbonyl (C=O) groups excluding carboxylic acids is 1. The molecule has 0 bridgehead atoms. The van der Waals surface area contributed by atoms with Gasteiger partial charge in [0.15, 0.2) is 5.16 Å². The molecule has 4 aromatic carbocycles. The van der Waals surface area contributed by atoms with Crippen molar-refractivity contribution >= 4 is 40.1 Å². The monoisotopic (exact) mass is 614 g/mol. The van der Waals surface area contributed by atoms with Gasteiger partial charge in [0, 0.05) is 6.42 Å². The summed E-state index contributed by atoms with van der Waals surface area (Å²) in [6.07, 6.45) is 0.591. The minimum Gasteiger partial charge on any atom is -0.497 e. The van der Waals surface area contributed by atoms with Crippen LogP contribution in [-0.4, -0.2) is 48.7 Å². The van der Waals surface area contributed by atoms with Crippen LogP contribution in [0.25, 0.3) is 22.4 Å². The van der Waals surface area contributed by atoms with Crippen molar-refractivity contribution in [3.63, 3.8) is 0 Å². The summed E-state index contributed by atoms with van der Waals surface area (Å²) in [5, 5.41) is 16.4. The van der Waals surface area contributed by atoms with Crippen LogP contribution in [0.3, 0.4) is 0 Å². The summed E-state index contributed by atoms with van der Waals surface area (Å²) in [7, 11) is 1.63. The third kappa shape index (κ3) is 5.06. The molecule has 0 aliphatic carbocycles. The average molecular weight is 615 g/mol. The van der Waals surface area contributed by atoms with Crippen LogP contribution in [0, 0.1) is 13.8 Å². The second kappa shape index (κ2) is 11.7. The van der Waals surface area contributed by atoms with Gasteiger partial charge < -0.3 is 4.74 Å². The number of ether oxygens (including phenoxy) is 1. The number of rotatable bonds is 7. The van der Waals surface area contributed by atoms with Gasteiger partial charge >= 0.3 is 0 Å². The first-order valence-corrected chi connectivity index (χ1v) is 15.6. The molecule has 9 nitrogen and oxygen atoms in total. The van der Waals surface area contributed by atoms with Crippen LogP contribution < -0.4 is 10.3 Å². The Bertz CT molecular complexity index is 2130. The molecule has 0 fully saturated rings. The number of hydrazone groups is 1. The van der Waals surface area contributed by atoms with Gasteiger partial charge in [0.2, 0.25) is 5.78 Å². The molecule has 1 atom stereocenters. The summed E-state index contributed by atoms with van der Waals surface area (Å²) in [5.74, 6) is 1.07. The summed E-state index contributed by atoms with van der Waals surface area (Å²) < 4.78 is 8.84. The maximum Gasteiger partial charge on any atom is 0.267 e. The molecule has 0 saturated heterocycles. The van der Waals surface area contributed by atoms with E-state index >= 15 is 0 Å². The molecule has 3 heterocycles. The molecule has 0 N–H and O–H groups in total. The SMILES string of the molecule is COc1ccc(C2CC(c3ccccc3)=NN2C(=O)CSc2nnc3n(-c4c(C)cccc4C)c(=O)c4ccccc4n23)cc1. The highest BCUT2D eigenvalue weighted by Gasteiger charge is 2.33. The van der Waals surface area contributed by atoms with Crippen LogP contribution >= 0.6 is 11.8 Å². The maximum atomic E-state index is 13.9. The lowest BCUT2D eigenvalue weighted by Gasteiger charge is -2.22. The zero-order chi connectivity index (χ0) is 31.1. The van der Waals surface area contributed by atoms with Gasteiger partial charge in [-0.3, -0.25) is 14.0 Å². The molecule has 0 radical (unpaired) electrons. The predicted molar refractivity (Wildman–Crippen MR) is 176 cm³/mol. The number of hydrogen-bond acceptors (Lipinski definition) is 7. The van der Waals surface area contributed by atoms with Crippen molar-refractivity contribution < 1.29 is 9.53 Å². The standard InChI is InChI=1S/C35H30N6O3S/c1-22-10-9-11-23(2)32(22)40-33(43)27-14-7-8-15-29(27)39-34(40)36-37-35(39)45-21-31(42)41-30(25-16-18-26(44-3)19-17-25)20-28(38-41)24-12-5-4-6-13-24/h4-19,30H,20-21H2,1-3H3. The smallest absolute Gasteiger partial charge is 0.267 e. The fourth-order valence-corrected chi connectivity index (χ4v) is 6.75. The van der Waals surface area contributed by atoms with E-state index in [4.69, 9.17) is 9.84 Å². The molecular formula is C35H30N6O3S. The largest absolute Gasteiger partial charge is 0.497 e. The topological polar surface area (TPSA) is 94.1 Å². The number of thioether (sulfide) groups is 1. The third-order valence-electron chi connectivity index (χ3n) is 8.16. The summed E-state index contributed by atoms with van der Waals surface area (Å²) in [4.78, 5) is 27.8. The number of aryl methyl sites for hydroxylation is 2. The number of carbonyl (C=O) groups is 1. The minimum atomic E-state index is -0.260. The van der Waals surface area contributed by atoms with Gasteiger partial charge in [-0.25, -0.2) is 9.58 Å². The lowest BCUT2D eigenvalue weighted by atomic mass is 9.98. The molecule has 7 rings (SSSR count). The summed E-state index contributed by atoms with van der Waals surface area (Å²) in [6.45, 7) is 3.95. The van der Waals surface area contributed by atoms with Gasteiger partial charge in [-0.15, -0.1) is 10.2 Å². The second-order valence-corrected chi connectivity index (χ2v) is 11.9. The Hall–Kier alpha value is -5.22. The third-order valence-corrected chi connectivity index (χ3v) is 9.07. The van der Waals surface area contributed by atoms with E-state index in [2.05, 4.69) is 10.2 Å². The van der Waals surface area contributed by atoms with Crippen LogP contribution in [0.1, 0.15) is 34.7 Å². The van der Waals surface area contributed by atoms with E-state index in [1.54, 1.807) is 16.7 Å². The van der Waals surface area contributed by atoms with Crippen LogP contribution in [0.5, 0.6) is 5.75 Å². The highest BCUT2D eigenvalue weighted by Crippen LogP contribution is 2.35. The molecule has 10 heteroatoms. The zero-order valence-corrected chi connectivity index (χ0v) is 25.9. The van der Waals surface area contributed by atoms with E-state index in [0.717, 1.165) is 39.4 Å². The Morgan fingerprint density at radius 1 is 0.889 bits per heavy atom. The number of hydrogen-bond donors (Lipinski definition) is 0. The van der Waals surface area contributed by atoms with Gasteiger partial charge in [0.25, 0.3) is 11.5 Å². The lowest BCUT2D eigenvalue weighted by Crippen LogP contribution is -2.28. The molecule has 1 amide bonds. The fourth-order valence-electron chi connectivity index (χ4n) is 5.96. The first-order valence-electron chi connectivity index (χ1n) is 14.6. The second-order valence-electron chi connectivity index (χ2n) is 10.9. The van der Waals surface area contributed by atoms with E-state index in [-0.39, 0.29) is 23.3 Å². The van der Waals surface area contributed by atoms with E-state index in [0.29, 0.717) is 28.3 Å². The molecule has 1 aliphatic rings. The van der Waals surface area contributed by atoms with Crippen LogP contribution in [-0.2, 0) is 4.79 Å². The van der Waals surface area contributed by atoms with Gasteiger partial charge in [-0.2, -0.15) is 5.10 Å². The number of nitrogens with zero attached hydrogens (tertiary/aromatic N) is 6. The van der Waals surface area contributed by atoms with Crippen LogP contribution in [0.15, 0.2) is 112 Å². The van der Waals surface area contributed by atoms with Gasteiger partial charge in [-0.1, -0.05) is 84.6 Å². The lowest BCUT2D eigenvalue weighted by molar-refractivity contribution is -0.130. The molecule has 1 aliphatic heterocycles. The normalized spacial score (nSPS) is 14.7. The fraction of sp³-hybridized carbons (Fsp3) is 0.171. The average Bonchev–Trinajstić information content (AvgIpc) is 3.71. The number of aromatic nitrogens is 4. The number of para-hydroxylation sites is 2. The Kier molecular flexibility index (Phi) is 7.42. The molecule has 6 aromatic rings. The summed E-state index contributed by atoms with van der Waals surface area (Å²) >= 11 is 1.28. The van der Waals surface area contributed by atoms with Crippen molar-refractivity contribution in [1.29, 1.82) is 0 Å². The van der Waals surface area contributed by atoms with Crippen molar-refractivity contribution in [2.45, 2.75) is 31.5 Å². The van der Waals surface area contributed by atoms with E-state index in [1.807, 2.05) is 115 Å². The van der Waals surface area contributed by atoms with Crippen molar-refractivity contribution in [1.82, 2.24) is 24.2 Å². The summed E-state index contributed by atoms with van der Waals surface area (Å²) in [5.41, 5.74) is 6.00. The van der Waals surface area contributed by atoms with Gasteiger partial charge in [0.05, 0.1) is 41.2 Å². The molecule has 1 unspecified atom stereocenters. The highest BCUT2D eigenvalue weighted by molar-refractivity contribution is 7.99. The zero-order valence-electron chi connectivity index (χ0n) is 25.0. The number of fused-ring (bicyclic) bond motifs is 3. The minimum absolute atomic E-state index is 0.0792. The molecule has 0 spiro atoms. The van der Waals surface area contributed by atoms with E-state index < -0.39 is 0 Å². The number of amides is 1.